The fourth-order valence-corrected chi connectivity index (χ4v) is 2.79. The minimum Gasteiger partial charge on any atom is -0.454 e. The van der Waals surface area contributed by atoms with Gasteiger partial charge in [-0.2, -0.15) is 0 Å². The van der Waals surface area contributed by atoms with Gasteiger partial charge in [0.1, 0.15) is 11.6 Å². The van der Waals surface area contributed by atoms with Gasteiger partial charge in [-0.25, -0.2) is 4.39 Å². The smallest absolute Gasteiger partial charge is 0.256 e. The molecule has 4 rings (SSSR count). The quantitative estimate of drug-likeness (QED) is 0.733. The van der Waals surface area contributed by atoms with Crippen molar-refractivity contribution in [3.63, 3.8) is 0 Å². The van der Waals surface area contributed by atoms with E-state index in [1.54, 1.807) is 18.2 Å². The monoisotopic (exact) mass is 352 g/mol. The Morgan fingerprint density at radius 1 is 1.00 bits per heavy atom. The highest BCUT2D eigenvalue weighted by atomic mass is 19.1. The van der Waals surface area contributed by atoms with Gasteiger partial charge in [0.25, 0.3) is 5.56 Å². The fraction of sp³-hybridized carbons (Fsp3) is 0.0526. The second kappa shape index (κ2) is 6.03. The van der Waals surface area contributed by atoms with Gasteiger partial charge in [0.15, 0.2) is 17.3 Å². The molecule has 0 unspecified atom stereocenters. The summed E-state index contributed by atoms with van der Waals surface area (Å²) in [5, 5.41) is 0. The molecule has 0 bridgehead atoms. The number of carbonyl (C=O) groups excluding carboxylic acids is 1. The molecule has 2 aromatic carbocycles. The molecule has 0 spiro atoms. The van der Waals surface area contributed by atoms with Crippen molar-refractivity contribution in [1.29, 1.82) is 0 Å². The number of hydrogen-bond donors (Lipinski definition) is 1. The van der Waals surface area contributed by atoms with E-state index in [0.29, 0.717) is 17.2 Å². The molecule has 26 heavy (non-hydrogen) atoms. The zero-order chi connectivity index (χ0) is 18.3. The van der Waals surface area contributed by atoms with Crippen LogP contribution in [-0.4, -0.2) is 17.1 Å². The Kier molecular flexibility index (Phi) is 3.69. The Morgan fingerprint density at radius 3 is 2.50 bits per heavy atom. The first-order chi connectivity index (χ1) is 12.5. The molecule has 0 aliphatic carbocycles. The fourth-order valence-electron chi connectivity index (χ4n) is 2.79. The van der Waals surface area contributed by atoms with Gasteiger partial charge in [0, 0.05) is 17.7 Å². The Morgan fingerprint density at radius 2 is 1.73 bits per heavy atom. The van der Waals surface area contributed by atoms with Gasteiger partial charge in [-0.15, -0.1) is 0 Å². The van der Waals surface area contributed by atoms with Crippen LogP contribution in [0.5, 0.6) is 11.5 Å². The first kappa shape index (κ1) is 15.9. The third-order valence-electron chi connectivity index (χ3n) is 4.10. The first-order valence-electron chi connectivity index (χ1n) is 7.76. The van der Waals surface area contributed by atoms with Crippen LogP contribution in [0.1, 0.15) is 15.9 Å². The number of pyridine rings is 1. The van der Waals surface area contributed by atoms with E-state index >= 15 is 0 Å². The van der Waals surface area contributed by atoms with Crippen LogP contribution < -0.4 is 20.8 Å². The number of fused-ring (bicyclic) bond motifs is 1. The molecular weight excluding hydrogens is 339 g/mol. The Balaban J connectivity index is 1.82. The van der Waals surface area contributed by atoms with E-state index < -0.39 is 17.2 Å². The van der Waals surface area contributed by atoms with E-state index in [-0.39, 0.29) is 23.7 Å². The van der Waals surface area contributed by atoms with Crippen LogP contribution in [0.3, 0.4) is 0 Å². The predicted molar refractivity (Wildman–Crippen MR) is 92.4 cm³/mol. The number of nitrogen functional groups attached to an aromatic ring is 1. The number of carbonyl (C=O) groups is 1. The number of nitrogens with two attached hydrogens (primary N) is 1. The summed E-state index contributed by atoms with van der Waals surface area (Å²) in [7, 11) is 0. The van der Waals surface area contributed by atoms with Crippen LogP contribution in [0, 0.1) is 5.82 Å². The third-order valence-corrected chi connectivity index (χ3v) is 4.10. The maximum Gasteiger partial charge on any atom is 0.256 e. The maximum atomic E-state index is 13.1. The molecule has 2 N–H and O–H groups in total. The molecule has 0 amide bonds. The summed E-state index contributed by atoms with van der Waals surface area (Å²) in [6.45, 7) is 0.103. The standard InChI is InChI=1S/C19H13FN2O4/c20-12-3-1-11(2-4-12)18(24)14-6-8-17(23)22(19(14)21)13-5-7-15-16(9-13)26-10-25-15/h1-9H,10,21H2. The van der Waals surface area contributed by atoms with Crippen molar-refractivity contribution < 1.29 is 18.7 Å². The van der Waals surface area contributed by atoms with E-state index in [9.17, 15) is 14.0 Å². The highest BCUT2D eigenvalue weighted by Crippen LogP contribution is 2.34. The van der Waals surface area contributed by atoms with Crippen molar-refractivity contribution in [1.82, 2.24) is 4.57 Å². The molecule has 1 aliphatic heterocycles. The molecule has 0 fully saturated rings. The van der Waals surface area contributed by atoms with Crippen molar-refractivity contribution >= 4 is 11.6 Å². The Labute approximate surface area is 147 Å². The van der Waals surface area contributed by atoms with Crippen LogP contribution in [-0.2, 0) is 0 Å². The number of hydrogen-bond acceptors (Lipinski definition) is 5. The number of benzene rings is 2. The summed E-state index contributed by atoms with van der Waals surface area (Å²) in [6, 6.07) is 12.7. The van der Waals surface area contributed by atoms with Gasteiger partial charge in [0.2, 0.25) is 6.79 Å². The van der Waals surface area contributed by atoms with E-state index in [1.165, 1.54) is 41.0 Å². The van der Waals surface area contributed by atoms with Gasteiger partial charge >= 0.3 is 0 Å². The zero-order valence-electron chi connectivity index (χ0n) is 13.4. The van der Waals surface area contributed by atoms with Crippen molar-refractivity contribution in [3.05, 3.63) is 81.9 Å². The number of rotatable bonds is 3. The summed E-state index contributed by atoms with van der Waals surface area (Å²) in [4.78, 5) is 25.0. The van der Waals surface area contributed by atoms with Crippen LogP contribution >= 0.6 is 0 Å². The molecule has 130 valence electrons. The second-order valence-electron chi connectivity index (χ2n) is 5.68. The molecule has 2 heterocycles. The highest BCUT2D eigenvalue weighted by molar-refractivity contribution is 6.11. The van der Waals surface area contributed by atoms with E-state index in [4.69, 9.17) is 15.2 Å². The lowest BCUT2D eigenvalue weighted by molar-refractivity contribution is 0.103. The average molecular weight is 352 g/mol. The topological polar surface area (TPSA) is 83.6 Å². The summed E-state index contributed by atoms with van der Waals surface area (Å²) < 4.78 is 24.9. The number of ether oxygens (including phenoxy) is 2. The summed E-state index contributed by atoms with van der Waals surface area (Å²) in [6.07, 6.45) is 0. The molecule has 7 heteroatoms. The normalized spacial score (nSPS) is 12.2. The van der Waals surface area contributed by atoms with Gasteiger partial charge in [-0.1, -0.05) is 0 Å². The second-order valence-corrected chi connectivity index (χ2v) is 5.68. The maximum absolute atomic E-state index is 13.1. The minimum absolute atomic E-state index is 0.00862. The van der Waals surface area contributed by atoms with E-state index in [2.05, 4.69) is 0 Å². The third kappa shape index (κ3) is 2.59. The lowest BCUT2D eigenvalue weighted by Gasteiger charge is -2.13. The van der Waals surface area contributed by atoms with Crippen LogP contribution in [0.2, 0.25) is 0 Å². The molecule has 6 nitrogen and oxygen atoms in total. The van der Waals surface area contributed by atoms with Crippen LogP contribution in [0.4, 0.5) is 10.2 Å². The zero-order valence-corrected chi connectivity index (χ0v) is 13.4. The van der Waals surface area contributed by atoms with Crippen LogP contribution in [0.25, 0.3) is 5.69 Å². The van der Waals surface area contributed by atoms with Gasteiger partial charge in [-0.05, 0) is 42.5 Å². The molecule has 1 aliphatic rings. The Hall–Kier alpha value is -3.61. The molecular formula is C19H13FN2O4. The van der Waals surface area contributed by atoms with Gasteiger partial charge in [-0.3, -0.25) is 14.2 Å². The number of anilines is 1. The largest absolute Gasteiger partial charge is 0.454 e. The predicted octanol–water partition coefficient (Wildman–Crippen LogP) is 2.52. The van der Waals surface area contributed by atoms with Crippen LogP contribution in [0.15, 0.2) is 59.4 Å². The van der Waals surface area contributed by atoms with Crippen molar-refractivity contribution in [2.24, 2.45) is 0 Å². The number of ketones is 1. The van der Waals surface area contributed by atoms with Gasteiger partial charge < -0.3 is 15.2 Å². The number of nitrogens with zero attached hydrogens (tertiary/aromatic N) is 1. The first-order valence-corrected chi connectivity index (χ1v) is 7.76. The number of aromatic nitrogens is 1. The summed E-state index contributed by atoms with van der Waals surface area (Å²) in [5.74, 6) is 0.200. The van der Waals surface area contributed by atoms with E-state index in [1.807, 2.05) is 0 Å². The van der Waals surface area contributed by atoms with Gasteiger partial charge in [0.05, 0.1) is 11.3 Å². The summed E-state index contributed by atoms with van der Waals surface area (Å²) >= 11 is 0. The van der Waals surface area contributed by atoms with Crippen molar-refractivity contribution in [2.75, 3.05) is 12.5 Å². The molecule has 0 atom stereocenters. The highest BCUT2D eigenvalue weighted by Gasteiger charge is 2.19. The molecule has 0 saturated carbocycles. The average Bonchev–Trinajstić information content (AvgIpc) is 3.10. The Bertz CT molecular complexity index is 1070. The molecule has 1 aromatic heterocycles. The summed E-state index contributed by atoms with van der Waals surface area (Å²) in [5.41, 5.74) is 6.60. The number of halogens is 1. The van der Waals surface area contributed by atoms with E-state index in [0.717, 1.165) is 0 Å². The van der Waals surface area contributed by atoms with Crippen molar-refractivity contribution in [2.45, 2.75) is 0 Å². The lowest BCUT2D eigenvalue weighted by atomic mass is 10.0. The minimum atomic E-state index is -0.445. The lowest BCUT2D eigenvalue weighted by Crippen LogP contribution is -2.23. The SMILES string of the molecule is Nc1c(C(=O)c2ccc(F)cc2)ccc(=O)n1-c1ccc2c(c1)OCO2. The van der Waals surface area contributed by atoms with Crippen molar-refractivity contribution in [3.8, 4) is 17.2 Å². The molecule has 0 radical (unpaired) electrons. The molecule has 0 saturated heterocycles. The molecule has 3 aromatic rings.